The number of ether oxygens (including phenoxy) is 1. The third-order valence-corrected chi connectivity index (χ3v) is 5.45. The number of unbranched alkanes of at least 4 members (excludes halogenated alkanes) is 4. The van der Waals surface area contributed by atoms with Gasteiger partial charge in [0.05, 0.1) is 13.2 Å². The van der Waals surface area contributed by atoms with E-state index in [-0.39, 0.29) is 0 Å². The molecule has 96 valence electrons. The molecule has 0 heterocycles. The van der Waals surface area contributed by atoms with Crippen LogP contribution in [0.2, 0.25) is 12.1 Å². The molecule has 0 amide bonds. The predicted octanol–water partition coefficient (Wildman–Crippen LogP) is 3.53. The molecule has 3 heteroatoms. The average molecular weight is 244 g/mol. The summed E-state index contributed by atoms with van der Waals surface area (Å²) in [6, 6.07) is 2.57. The van der Waals surface area contributed by atoms with Gasteiger partial charge in [0.25, 0.3) is 0 Å². The van der Waals surface area contributed by atoms with Crippen LogP contribution in [-0.4, -0.2) is 29.4 Å². The maximum Gasteiger partial charge on any atom is 0.176 e. The van der Waals surface area contributed by atoms with Crippen molar-refractivity contribution in [1.29, 1.82) is 0 Å². The Morgan fingerprint density at radius 2 is 1.88 bits per heavy atom. The standard InChI is InChI=1S/C13H28O2Si/c1-4-6-7-8-9-10-13-16(5-2)15-12-11-14-3/h4,16H,1,5-13H2,2-3H3. The minimum absolute atomic E-state index is 0.739. The molecule has 0 bridgehead atoms. The SMILES string of the molecule is C=CCCCCCC[SiH](CC)OCCOC. The monoisotopic (exact) mass is 244 g/mol. The van der Waals surface area contributed by atoms with Gasteiger partial charge in [-0.3, -0.25) is 0 Å². The highest BCUT2D eigenvalue weighted by molar-refractivity contribution is 6.51. The lowest BCUT2D eigenvalue weighted by Crippen LogP contribution is -2.19. The van der Waals surface area contributed by atoms with Crippen molar-refractivity contribution < 1.29 is 9.16 Å². The number of hydrogen-bond acceptors (Lipinski definition) is 2. The van der Waals surface area contributed by atoms with Crippen LogP contribution in [-0.2, 0) is 9.16 Å². The van der Waals surface area contributed by atoms with Crippen molar-refractivity contribution in [2.24, 2.45) is 0 Å². The zero-order valence-electron chi connectivity index (χ0n) is 11.0. The number of hydrogen-bond donors (Lipinski definition) is 0. The van der Waals surface area contributed by atoms with Crippen molar-refractivity contribution in [2.75, 3.05) is 20.3 Å². The predicted molar refractivity (Wildman–Crippen MR) is 73.5 cm³/mol. The van der Waals surface area contributed by atoms with Gasteiger partial charge in [-0.15, -0.1) is 6.58 Å². The summed E-state index contributed by atoms with van der Waals surface area (Å²) in [5, 5.41) is 0. The summed E-state index contributed by atoms with van der Waals surface area (Å²) in [5.74, 6) is 0. The molecule has 2 nitrogen and oxygen atoms in total. The highest BCUT2D eigenvalue weighted by Crippen LogP contribution is 2.11. The lowest BCUT2D eigenvalue weighted by molar-refractivity contribution is 0.145. The van der Waals surface area contributed by atoms with E-state index in [1.807, 2.05) is 6.08 Å². The normalized spacial score (nSPS) is 12.6. The molecule has 0 radical (unpaired) electrons. The van der Waals surface area contributed by atoms with Gasteiger partial charge in [0.1, 0.15) is 0 Å². The van der Waals surface area contributed by atoms with E-state index in [4.69, 9.17) is 9.16 Å². The first-order chi connectivity index (χ1) is 7.85. The summed E-state index contributed by atoms with van der Waals surface area (Å²) in [6.45, 7) is 7.52. The Labute approximate surface area is 103 Å². The summed E-state index contributed by atoms with van der Waals surface area (Å²) in [5.41, 5.74) is 0. The molecule has 0 aromatic heterocycles. The highest BCUT2D eigenvalue weighted by atomic mass is 28.3. The van der Waals surface area contributed by atoms with E-state index < -0.39 is 9.04 Å². The Morgan fingerprint density at radius 3 is 2.50 bits per heavy atom. The highest BCUT2D eigenvalue weighted by Gasteiger charge is 2.08. The molecule has 0 aliphatic rings. The average Bonchev–Trinajstić information content (AvgIpc) is 2.31. The summed E-state index contributed by atoms with van der Waals surface area (Å²) in [6.07, 6.45) is 8.51. The molecule has 1 atom stereocenters. The molecule has 0 aliphatic carbocycles. The lowest BCUT2D eigenvalue weighted by Gasteiger charge is -2.13. The minimum atomic E-state index is -0.904. The van der Waals surface area contributed by atoms with Gasteiger partial charge in [-0.2, -0.15) is 0 Å². The molecular weight excluding hydrogens is 216 g/mol. The molecule has 0 spiro atoms. The van der Waals surface area contributed by atoms with Crippen LogP contribution in [0.5, 0.6) is 0 Å². The van der Waals surface area contributed by atoms with Crippen molar-refractivity contribution in [3.8, 4) is 0 Å². The number of rotatable bonds is 12. The van der Waals surface area contributed by atoms with Crippen LogP contribution in [0.25, 0.3) is 0 Å². The minimum Gasteiger partial charge on any atom is -0.418 e. The molecule has 0 aromatic rings. The van der Waals surface area contributed by atoms with Gasteiger partial charge in [-0.1, -0.05) is 32.3 Å². The lowest BCUT2D eigenvalue weighted by atomic mass is 10.1. The number of allylic oxidation sites excluding steroid dienone is 1. The van der Waals surface area contributed by atoms with E-state index in [1.165, 1.54) is 44.2 Å². The Hall–Kier alpha value is -0.123. The van der Waals surface area contributed by atoms with Gasteiger partial charge in [-0.25, -0.2) is 0 Å². The second-order valence-electron chi connectivity index (χ2n) is 4.17. The molecular formula is C13H28O2Si. The molecule has 1 unspecified atom stereocenters. The van der Waals surface area contributed by atoms with E-state index in [2.05, 4.69) is 13.5 Å². The Bertz CT molecular complexity index is 151. The van der Waals surface area contributed by atoms with Gasteiger partial charge in [0, 0.05) is 7.11 Å². The zero-order valence-corrected chi connectivity index (χ0v) is 12.2. The summed E-state index contributed by atoms with van der Waals surface area (Å²) >= 11 is 0. The molecule has 0 aliphatic heterocycles. The van der Waals surface area contributed by atoms with E-state index >= 15 is 0 Å². The summed E-state index contributed by atoms with van der Waals surface area (Å²) < 4.78 is 10.9. The van der Waals surface area contributed by atoms with Crippen molar-refractivity contribution in [3.05, 3.63) is 12.7 Å². The third kappa shape index (κ3) is 10.4. The Balaban J connectivity index is 3.29. The van der Waals surface area contributed by atoms with Gasteiger partial charge < -0.3 is 9.16 Å². The smallest absolute Gasteiger partial charge is 0.176 e. The molecule has 0 saturated heterocycles. The Morgan fingerprint density at radius 1 is 1.12 bits per heavy atom. The number of methoxy groups -OCH3 is 1. The van der Waals surface area contributed by atoms with Gasteiger partial charge >= 0.3 is 0 Å². The quantitative estimate of drug-likeness (QED) is 0.297. The molecule has 0 N–H and O–H groups in total. The summed E-state index contributed by atoms with van der Waals surface area (Å²) in [4.78, 5) is 0. The fourth-order valence-electron chi connectivity index (χ4n) is 1.72. The van der Waals surface area contributed by atoms with Crippen LogP contribution in [0.4, 0.5) is 0 Å². The van der Waals surface area contributed by atoms with E-state index in [0.29, 0.717) is 0 Å². The first kappa shape index (κ1) is 15.9. The first-order valence-corrected chi connectivity index (χ1v) is 8.67. The second kappa shape index (κ2) is 12.9. The van der Waals surface area contributed by atoms with E-state index in [1.54, 1.807) is 7.11 Å². The summed E-state index contributed by atoms with van der Waals surface area (Å²) in [7, 11) is 0.824. The van der Waals surface area contributed by atoms with Crippen LogP contribution in [0, 0.1) is 0 Å². The van der Waals surface area contributed by atoms with Gasteiger partial charge in [-0.05, 0) is 24.9 Å². The third-order valence-electron chi connectivity index (χ3n) is 2.78. The fourth-order valence-corrected chi connectivity index (χ4v) is 3.70. The van der Waals surface area contributed by atoms with Crippen molar-refractivity contribution in [1.82, 2.24) is 0 Å². The zero-order chi connectivity index (χ0) is 12.1. The van der Waals surface area contributed by atoms with Crippen LogP contribution in [0.15, 0.2) is 12.7 Å². The van der Waals surface area contributed by atoms with Gasteiger partial charge in [0.15, 0.2) is 9.04 Å². The van der Waals surface area contributed by atoms with Crippen molar-refractivity contribution in [3.63, 3.8) is 0 Å². The molecule has 0 rings (SSSR count). The topological polar surface area (TPSA) is 18.5 Å². The van der Waals surface area contributed by atoms with Gasteiger partial charge in [0.2, 0.25) is 0 Å². The van der Waals surface area contributed by atoms with E-state index in [9.17, 15) is 0 Å². The maximum absolute atomic E-state index is 5.86. The largest absolute Gasteiger partial charge is 0.418 e. The van der Waals surface area contributed by atoms with Crippen LogP contribution in [0.1, 0.15) is 39.0 Å². The Kier molecular flexibility index (Phi) is 12.8. The maximum atomic E-state index is 5.86. The van der Waals surface area contributed by atoms with Crippen LogP contribution in [0.3, 0.4) is 0 Å². The molecule has 0 saturated carbocycles. The molecule has 0 fully saturated rings. The van der Waals surface area contributed by atoms with Crippen molar-refractivity contribution >= 4 is 9.04 Å². The van der Waals surface area contributed by atoms with Crippen molar-refractivity contribution in [2.45, 2.75) is 51.1 Å². The van der Waals surface area contributed by atoms with E-state index in [0.717, 1.165) is 13.2 Å². The van der Waals surface area contributed by atoms with Crippen LogP contribution < -0.4 is 0 Å². The molecule has 0 aromatic carbocycles. The first-order valence-electron chi connectivity index (χ1n) is 6.56. The fraction of sp³-hybridized carbons (Fsp3) is 0.846. The van der Waals surface area contributed by atoms with Crippen LogP contribution >= 0.6 is 0 Å². The molecule has 16 heavy (non-hydrogen) atoms. The second-order valence-corrected chi connectivity index (χ2v) is 7.15.